The molecule has 4 saturated carbocycles. The minimum Gasteiger partial charge on any atom is -0.251 e. The van der Waals surface area contributed by atoms with Gasteiger partial charge in [0.05, 0.1) is 24.2 Å². The van der Waals surface area contributed by atoms with Crippen LogP contribution in [0.2, 0.25) is 0 Å². The number of aromatic nitrogens is 3. The molecule has 1 N–H and O–H groups in total. The minimum absolute atomic E-state index is 0.254. The smallest absolute Gasteiger partial charge is 0.211 e. The van der Waals surface area contributed by atoms with E-state index in [1.807, 2.05) is 0 Å². The summed E-state index contributed by atoms with van der Waals surface area (Å²) in [7, 11) is -1.47. The molecule has 0 aliphatic heterocycles. The number of hydrogen-bond donors (Lipinski definition) is 1. The molecule has 4 aliphatic carbocycles. The summed E-state index contributed by atoms with van der Waals surface area (Å²) < 4.78 is 29.0. The molecule has 1 heterocycles. The average molecular weight is 338 g/mol. The molecule has 0 saturated heterocycles. The number of sulfonamides is 1. The Kier molecular flexibility index (Phi) is 3.76. The third kappa shape index (κ3) is 3.18. The van der Waals surface area contributed by atoms with Crippen LogP contribution in [0.1, 0.15) is 50.6 Å². The predicted molar refractivity (Wildman–Crippen MR) is 86.9 cm³/mol. The molecule has 7 heteroatoms. The number of nitrogens with one attached hydrogen (secondary N) is 1. The van der Waals surface area contributed by atoms with Gasteiger partial charge in [-0.2, -0.15) is 0 Å². The molecular weight excluding hydrogens is 312 g/mol. The zero-order chi connectivity index (χ0) is 16.1. The van der Waals surface area contributed by atoms with Crippen molar-refractivity contribution >= 4 is 10.0 Å². The van der Waals surface area contributed by atoms with E-state index in [0.29, 0.717) is 5.41 Å². The average Bonchev–Trinajstić information content (AvgIpc) is 2.88. The van der Waals surface area contributed by atoms with Crippen molar-refractivity contribution in [2.45, 2.75) is 51.5 Å². The van der Waals surface area contributed by atoms with Crippen LogP contribution in [-0.2, 0) is 23.6 Å². The summed E-state index contributed by atoms with van der Waals surface area (Å²) >= 11 is 0. The molecule has 1 aromatic heterocycles. The number of hydrogen-bond acceptors (Lipinski definition) is 4. The van der Waals surface area contributed by atoms with Gasteiger partial charge in [0.1, 0.15) is 0 Å². The molecule has 1 aromatic rings. The van der Waals surface area contributed by atoms with Crippen molar-refractivity contribution in [3.8, 4) is 0 Å². The van der Waals surface area contributed by atoms with Crippen LogP contribution < -0.4 is 4.72 Å². The van der Waals surface area contributed by atoms with Crippen LogP contribution in [0, 0.1) is 23.2 Å². The summed E-state index contributed by atoms with van der Waals surface area (Å²) in [6.07, 6.45) is 10.4. The summed E-state index contributed by atoms with van der Waals surface area (Å²) in [6, 6.07) is 0. The lowest BCUT2D eigenvalue weighted by molar-refractivity contribution is -0.0540. The number of aryl methyl sites for hydroxylation is 1. The Hall–Kier alpha value is -0.950. The van der Waals surface area contributed by atoms with Crippen molar-refractivity contribution in [3.05, 3.63) is 11.9 Å². The largest absolute Gasteiger partial charge is 0.251 e. The molecule has 5 rings (SSSR count). The summed E-state index contributed by atoms with van der Waals surface area (Å²) in [5.41, 5.74) is 1.10. The molecule has 23 heavy (non-hydrogen) atoms. The van der Waals surface area contributed by atoms with E-state index in [4.69, 9.17) is 0 Å². The van der Waals surface area contributed by atoms with Crippen LogP contribution in [0.5, 0.6) is 0 Å². The van der Waals surface area contributed by atoms with Gasteiger partial charge in [0.25, 0.3) is 0 Å². The molecule has 4 bridgehead atoms. The normalized spacial score (nSPS) is 35.8. The van der Waals surface area contributed by atoms with Crippen molar-refractivity contribution in [1.82, 2.24) is 19.7 Å². The van der Waals surface area contributed by atoms with Crippen LogP contribution in [0.25, 0.3) is 0 Å². The third-order valence-corrected chi connectivity index (χ3v) is 7.67. The van der Waals surface area contributed by atoms with E-state index in [2.05, 4.69) is 15.0 Å². The van der Waals surface area contributed by atoms with E-state index >= 15 is 0 Å². The Bertz CT molecular complexity index is 647. The maximum Gasteiger partial charge on any atom is 0.211 e. The molecule has 0 atom stereocenters. The maximum atomic E-state index is 12.4. The van der Waals surface area contributed by atoms with Crippen molar-refractivity contribution in [1.29, 1.82) is 0 Å². The first kappa shape index (κ1) is 15.6. The van der Waals surface area contributed by atoms with Crippen LogP contribution in [0.4, 0.5) is 0 Å². The molecule has 4 aliphatic rings. The van der Waals surface area contributed by atoms with Gasteiger partial charge in [-0.1, -0.05) is 5.21 Å². The number of nitrogens with zero attached hydrogens (tertiary/aromatic N) is 3. The molecule has 0 aromatic carbocycles. The predicted octanol–water partition coefficient (Wildman–Crippen LogP) is 1.84. The molecule has 0 radical (unpaired) electrons. The summed E-state index contributed by atoms with van der Waals surface area (Å²) in [5, 5.41) is 7.60. The highest BCUT2D eigenvalue weighted by atomic mass is 32.2. The Morgan fingerprint density at radius 1 is 1.22 bits per heavy atom. The minimum atomic E-state index is -3.24. The van der Waals surface area contributed by atoms with Gasteiger partial charge in [0, 0.05) is 7.05 Å². The zero-order valence-electron chi connectivity index (χ0n) is 13.7. The Morgan fingerprint density at radius 2 is 1.83 bits per heavy atom. The number of rotatable bonds is 6. The molecule has 4 fully saturated rings. The van der Waals surface area contributed by atoms with Gasteiger partial charge in [0.15, 0.2) is 0 Å². The quantitative estimate of drug-likeness (QED) is 0.858. The lowest BCUT2D eigenvalue weighted by Gasteiger charge is -2.57. The third-order valence-electron chi connectivity index (χ3n) is 6.35. The first-order valence-corrected chi connectivity index (χ1v) is 10.4. The first-order valence-electron chi connectivity index (χ1n) is 8.74. The van der Waals surface area contributed by atoms with E-state index in [9.17, 15) is 8.42 Å². The first-order chi connectivity index (χ1) is 10.9. The highest BCUT2D eigenvalue weighted by Gasteiger charge is 2.50. The summed E-state index contributed by atoms with van der Waals surface area (Å²) in [5.74, 6) is 2.87. The zero-order valence-corrected chi connectivity index (χ0v) is 14.6. The second-order valence-corrected chi connectivity index (χ2v) is 10.1. The monoisotopic (exact) mass is 338 g/mol. The molecule has 0 unspecified atom stereocenters. The molecule has 6 nitrogen and oxygen atoms in total. The van der Waals surface area contributed by atoms with Crippen LogP contribution >= 0.6 is 0 Å². The second kappa shape index (κ2) is 5.55. The van der Waals surface area contributed by atoms with E-state index in [-0.39, 0.29) is 12.3 Å². The van der Waals surface area contributed by atoms with Gasteiger partial charge >= 0.3 is 0 Å². The standard InChI is InChI=1S/C16H26N4O2S/c1-20-15(10-17-19-20)11-18-23(21,22)3-2-16-7-12-4-13(8-16)6-14(5-12)9-16/h10,12-14,18H,2-9,11H2,1H3. The lowest BCUT2D eigenvalue weighted by atomic mass is 9.49. The lowest BCUT2D eigenvalue weighted by Crippen LogP contribution is -2.47. The Labute approximate surface area is 138 Å². The molecular formula is C16H26N4O2S. The van der Waals surface area contributed by atoms with Gasteiger partial charge in [-0.05, 0) is 68.1 Å². The second-order valence-electron chi connectivity index (χ2n) is 8.16. The topological polar surface area (TPSA) is 76.9 Å². The molecule has 128 valence electrons. The molecule has 0 spiro atoms. The van der Waals surface area contributed by atoms with E-state index in [1.54, 1.807) is 17.9 Å². The van der Waals surface area contributed by atoms with Crippen LogP contribution in [-0.4, -0.2) is 29.2 Å². The van der Waals surface area contributed by atoms with Gasteiger partial charge in [-0.15, -0.1) is 5.10 Å². The highest BCUT2D eigenvalue weighted by Crippen LogP contribution is 2.61. The van der Waals surface area contributed by atoms with Gasteiger partial charge in [0.2, 0.25) is 10.0 Å². The summed E-state index contributed by atoms with van der Waals surface area (Å²) in [6.45, 7) is 0.271. The Balaban J connectivity index is 1.36. The SMILES string of the molecule is Cn1nncc1CNS(=O)(=O)CCC12CC3CC(CC(C3)C1)C2. The molecule has 0 amide bonds. The van der Waals surface area contributed by atoms with E-state index in [1.165, 1.54) is 38.5 Å². The van der Waals surface area contributed by atoms with Gasteiger partial charge in [-0.3, -0.25) is 4.68 Å². The highest BCUT2D eigenvalue weighted by molar-refractivity contribution is 7.89. The van der Waals surface area contributed by atoms with Crippen molar-refractivity contribution in [2.75, 3.05) is 5.75 Å². The van der Waals surface area contributed by atoms with Gasteiger partial charge in [-0.25, -0.2) is 13.1 Å². The fraction of sp³-hybridized carbons (Fsp3) is 0.875. The Morgan fingerprint density at radius 3 is 2.35 bits per heavy atom. The van der Waals surface area contributed by atoms with E-state index < -0.39 is 10.0 Å². The van der Waals surface area contributed by atoms with Crippen molar-refractivity contribution in [2.24, 2.45) is 30.2 Å². The van der Waals surface area contributed by atoms with Crippen molar-refractivity contribution < 1.29 is 8.42 Å². The van der Waals surface area contributed by atoms with Crippen LogP contribution in [0.15, 0.2) is 6.20 Å². The van der Waals surface area contributed by atoms with E-state index in [0.717, 1.165) is 29.9 Å². The summed E-state index contributed by atoms with van der Waals surface area (Å²) in [4.78, 5) is 0. The van der Waals surface area contributed by atoms with Crippen molar-refractivity contribution in [3.63, 3.8) is 0 Å². The fourth-order valence-corrected chi connectivity index (χ4v) is 6.89. The fourth-order valence-electron chi connectivity index (χ4n) is 5.67. The maximum absolute atomic E-state index is 12.4. The van der Waals surface area contributed by atoms with Crippen LogP contribution in [0.3, 0.4) is 0 Å². The van der Waals surface area contributed by atoms with Gasteiger partial charge < -0.3 is 0 Å².